The van der Waals surface area contributed by atoms with Gasteiger partial charge in [-0.15, -0.1) is 0 Å². The second-order valence-electron chi connectivity index (χ2n) is 4.62. The van der Waals surface area contributed by atoms with E-state index in [1.54, 1.807) is 12.1 Å². The second-order valence-corrected chi connectivity index (χ2v) is 5.53. The molecule has 1 saturated carbocycles. The maximum atomic E-state index is 12.4. The van der Waals surface area contributed by atoms with Crippen LogP contribution < -0.4 is 4.74 Å². The molecule has 2 rings (SSSR count). The molecule has 2 nitrogen and oxygen atoms in total. The highest BCUT2D eigenvalue weighted by atomic mass is 79.9. The van der Waals surface area contributed by atoms with Crippen LogP contribution in [0.1, 0.15) is 12.8 Å². The van der Waals surface area contributed by atoms with Crippen molar-refractivity contribution in [3.63, 3.8) is 0 Å². The Kier molecular flexibility index (Phi) is 4.73. The molecule has 1 aliphatic rings. The predicted molar refractivity (Wildman–Crippen MR) is 70.3 cm³/mol. The molecule has 0 bridgehead atoms. The first-order valence-corrected chi connectivity index (χ1v) is 6.92. The lowest BCUT2D eigenvalue weighted by molar-refractivity contribution is -0.147. The number of alkyl halides is 3. The Hall–Kier alpha value is -0.750. The first-order chi connectivity index (χ1) is 8.94. The molecular formula is C13H15BrF3NO. The largest absolute Gasteiger partial charge is 0.492 e. The van der Waals surface area contributed by atoms with E-state index in [1.807, 2.05) is 12.1 Å². The standard InChI is InChI=1S/C13H15BrF3NO/c14-10-1-5-12(6-2-10)19-8-7-18(11-3-4-11)9-13(15,16)17/h1-2,5-6,11H,3-4,7-9H2. The van der Waals surface area contributed by atoms with Crippen LogP contribution in [0.2, 0.25) is 0 Å². The predicted octanol–water partition coefficient (Wildman–Crippen LogP) is 3.85. The third kappa shape index (κ3) is 5.40. The summed E-state index contributed by atoms with van der Waals surface area (Å²) in [5.74, 6) is 0.672. The number of hydrogen-bond donors (Lipinski definition) is 0. The monoisotopic (exact) mass is 337 g/mol. The summed E-state index contributed by atoms with van der Waals surface area (Å²) in [5.41, 5.74) is 0. The molecule has 0 saturated heterocycles. The highest BCUT2D eigenvalue weighted by Gasteiger charge is 2.37. The minimum atomic E-state index is -4.14. The molecule has 1 aromatic rings. The van der Waals surface area contributed by atoms with Gasteiger partial charge in [-0.3, -0.25) is 4.90 Å². The number of halogens is 4. The van der Waals surface area contributed by atoms with Crippen LogP contribution in [0.4, 0.5) is 13.2 Å². The fraction of sp³-hybridized carbons (Fsp3) is 0.538. The minimum Gasteiger partial charge on any atom is -0.492 e. The van der Waals surface area contributed by atoms with Gasteiger partial charge in [0.25, 0.3) is 0 Å². The zero-order chi connectivity index (χ0) is 13.9. The van der Waals surface area contributed by atoms with E-state index in [0.29, 0.717) is 12.3 Å². The SMILES string of the molecule is FC(F)(F)CN(CCOc1ccc(Br)cc1)C1CC1. The highest BCUT2D eigenvalue weighted by Crippen LogP contribution is 2.29. The molecule has 1 aliphatic carbocycles. The molecule has 6 heteroatoms. The van der Waals surface area contributed by atoms with Crippen molar-refractivity contribution < 1.29 is 17.9 Å². The molecule has 0 spiro atoms. The van der Waals surface area contributed by atoms with Gasteiger partial charge in [0.2, 0.25) is 0 Å². The molecule has 0 aliphatic heterocycles. The van der Waals surface area contributed by atoms with Crippen molar-refractivity contribution in [2.24, 2.45) is 0 Å². The van der Waals surface area contributed by atoms with E-state index in [0.717, 1.165) is 17.3 Å². The van der Waals surface area contributed by atoms with Gasteiger partial charge in [0, 0.05) is 17.1 Å². The molecule has 106 valence electrons. The van der Waals surface area contributed by atoms with E-state index in [9.17, 15) is 13.2 Å². The van der Waals surface area contributed by atoms with Crippen LogP contribution in [0.5, 0.6) is 5.75 Å². The van der Waals surface area contributed by atoms with Gasteiger partial charge in [0.15, 0.2) is 0 Å². The van der Waals surface area contributed by atoms with Gasteiger partial charge in [-0.2, -0.15) is 13.2 Å². The van der Waals surface area contributed by atoms with Crippen LogP contribution in [0.3, 0.4) is 0 Å². The van der Waals surface area contributed by atoms with Crippen LogP contribution in [0.25, 0.3) is 0 Å². The number of ether oxygens (including phenoxy) is 1. The van der Waals surface area contributed by atoms with Gasteiger partial charge >= 0.3 is 6.18 Å². The number of benzene rings is 1. The average Bonchev–Trinajstić information content (AvgIpc) is 3.13. The van der Waals surface area contributed by atoms with E-state index in [2.05, 4.69) is 15.9 Å². The van der Waals surface area contributed by atoms with Crippen LogP contribution in [0, 0.1) is 0 Å². The number of rotatable bonds is 6. The van der Waals surface area contributed by atoms with Gasteiger partial charge in [-0.1, -0.05) is 15.9 Å². The Balaban J connectivity index is 1.77. The third-order valence-corrected chi connectivity index (χ3v) is 3.44. The maximum absolute atomic E-state index is 12.4. The summed E-state index contributed by atoms with van der Waals surface area (Å²) >= 11 is 3.31. The Morgan fingerprint density at radius 1 is 1.21 bits per heavy atom. The van der Waals surface area contributed by atoms with Crippen molar-refractivity contribution in [2.45, 2.75) is 25.1 Å². The molecule has 0 N–H and O–H groups in total. The third-order valence-electron chi connectivity index (χ3n) is 2.91. The van der Waals surface area contributed by atoms with Crippen LogP contribution in [0.15, 0.2) is 28.7 Å². The number of nitrogens with zero attached hydrogens (tertiary/aromatic N) is 1. The van der Waals surface area contributed by atoms with Crippen molar-refractivity contribution in [3.8, 4) is 5.75 Å². The van der Waals surface area contributed by atoms with Crippen molar-refractivity contribution in [1.82, 2.24) is 4.90 Å². The quantitative estimate of drug-likeness (QED) is 0.781. The molecule has 0 aromatic heterocycles. The molecule has 0 radical (unpaired) electrons. The van der Waals surface area contributed by atoms with E-state index >= 15 is 0 Å². The Labute approximate surface area is 118 Å². The van der Waals surface area contributed by atoms with Crippen molar-refractivity contribution >= 4 is 15.9 Å². The van der Waals surface area contributed by atoms with Gasteiger partial charge in [-0.05, 0) is 37.1 Å². The smallest absolute Gasteiger partial charge is 0.401 e. The summed E-state index contributed by atoms with van der Waals surface area (Å²) in [5, 5.41) is 0. The zero-order valence-corrected chi connectivity index (χ0v) is 11.9. The fourth-order valence-corrected chi connectivity index (χ4v) is 2.14. The van der Waals surface area contributed by atoms with Crippen molar-refractivity contribution in [1.29, 1.82) is 0 Å². The van der Waals surface area contributed by atoms with Gasteiger partial charge in [0.05, 0.1) is 6.54 Å². The normalized spacial score (nSPS) is 15.8. The van der Waals surface area contributed by atoms with Gasteiger partial charge in [0.1, 0.15) is 12.4 Å². The van der Waals surface area contributed by atoms with Gasteiger partial charge < -0.3 is 4.74 Å². The second kappa shape index (κ2) is 6.13. The van der Waals surface area contributed by atoms with E-state index in [1.165, 1.54) is 4.90 Å². The highest BCUT2D eigenvalue weighted by molar-refractivity contribution is 9.10. The molecule has 1 fully saturated rings. The minimum absolute atomic E-state index is 0.0788. The van der Waals surface area contributed by atoms with E-state index < -0.39 is 12.7 Å². The van der Waals surface area contributed by atoms with Crippen LogP contribution >= 0.6 is 15.9 Å². The lowest BCUT2D eigenvalue weighted by Crippen LogP contribution is -2.38. The summed E-state index contributed by atoms with van der Waals surface area (Å²) in [6, 6.07) is 7.33. The Morgan fingerprint density at radius 3 is 2.37 bits per heavy atom. The molecule has 0 atom stereocenters. The first kappa shape index (κ1) is 14.7. The summed E-state index contributed by atoms with van der Waals surface area (Å²) in [4.78, 5) is 1.46. The lowest BCUT2D eigenvalue weighted by atomic mass is 10.3. The van der Waals surface area contributed by atoms with Gasteiger partial charge in [-0.25, -0.2) is 0 Å². The van der Waals surface area contributed by atoms with Crippen molar-refractivity contribution in [2.75, 3.05) is 19.7 Å². The molecule has 0 unspecified atom stereocenters. The lowest BCUT2D eigenvalue weighted by Gasteiger charge is -2.23. The van der Waals surface area contributed by atoms with Crippen molar-refractivity contribution in [3.05, 3.63) is 28.7 Å². The molecule has 19 heavy (non-hydrogen) atoms. The number of hydrogen-bond acceptors (Lipinski definition) is 2. The van der Waals surface area contributed by atoms with Crippen LogP contribution in [-0.2, 0) is 0 Å². The fourth-order valence-electron chi connectivity index (χ4n) is 1.87. The summed E-state index contributed by atoms with van der Waals surface area (Å²) in [6.07, 6.45) is -2.43. The molecule has 0 heterocycles. The summed E-state index contributed by atoms with van der Waals surface area (Å²) in [6.45, 7) is -0.268. The first-order valence-electron chi connectivity index (χ1n) is 6.13. The topological polar surface area (TPSA) is 12.5 Å². The molecular weight excluding hydrogens is 323 g/mol. The van der Waals surface area contributed by atoms with Crippen LogP contribution in [-0.4, -0.2) is 36.8 Å². The van der Waals surface area contributed by atoms with E-state index in [4.69, 9.17) is 4.74 Å². The average molecular weight is 338 g/mol. The summed E-state index contributed by atoms with van der Waals surface area (Å²) in [7, 11) is 0. The summed E-state index contributed by atoms with van der Waals surface area (Å²) < 4.78 is 43.6. The Bertz CT molecular complexity index is 403. The Morgan fingerprint density at radius 2 is 1.84 bits per heavy atom. The maximum Gasteiger partial charge on any atom is 0.401 e. The molecule has 1 aromatic carbocycles. The molecule has 0 amide bonds. The van der Waals surface area contributed by atoms with E-state index in [-0.39, 0.29) is 12.6 Å². The zero-order valence-electron chi connectivity index (χ0n) is 10.3.